The van der Waals surface area contributed by atoms with Crippen molar-refractivity contribution in [1.29, 1.82) is 0 Å². The molecule has 3 heterocycles. The number of aromatic nitrogens is 1. The fourth-order valence-corrected chi connectivity index (χ4v) is 4.97. The largest absolute Gasteiger partial charge is 0.480 e. The Hall–Kier alpha value is -2.48. The average molecular weight is 482 g/mol. The fraction of sp³-hybridized carbons (Fsp3) is 0.571. The number of benzene rings is 1. The lowest BCUT2D eigenvalue weighted by atomic mass is 9.99. The van der Waals surface area contributed by atoms with Gasteiger partial charge in [0.2, 0.25) is 0 Å². The summed E-state index contributed by atoms with van der Waals surface area (Å²) in [4.78, 5) is 19.1. The van der Waals surface area contributed by atoms with Gasteiger partial charge in [0.15, 0.2) is 0 Å². The van der Waals surface area contributed by atoms with Gasteiger partial charge in [-0.3, -0.25) is 9.69 Å². The van der Waals surface area contributed by atoms with Gasteiger partial charge in [0.25, 0.3) is 0 Å². The molecule has 0 saturated carbocycles. The Labute approximate surface area is 208 Å². The van der Waals surface area contributed by atoms with Crippen LogP contribution in [-0.2, 0) is 33.7 Å². The van der Waals surface area contributed by atoms with E-state index < -0.39 is 12.0 Å². The van der Waals surface area contributed by atoms with E-state index >= 15 is 0 Å². The van der Waals surface area contributed by atoms with Crippen LogP contribution in [0.1, 0.15) is 68.0 Å². The smallest absolute Gasteiger partial charge is 0.325 e. The standard InChI is InChI=1S/C28H39N3O4/c1-20(2)35-19-22-8-3-4-11-25(22)26(28(32)33)31-16-14-24(18-31)34-17-6-5-10-23-13-12-21-9-7-15-29-27(21)30-23/h3-4,8,11-13,20,24,26H,5-7,9-10,14-19H2,1-2H3,(H,29,30)(H,32,33)/t24-,26-/m1/s1. The summed E-state index contributed by atoms with van der Waals surface area (Å²) < 4.78 is 11.9. The van der Waals surface area contributed by atoms with Gasteiger partial charge < -0.3 is 19.9 Å². The number of carboxylic acid groups (broad SMARTS) is 1. The highest BCUT2D eigenvalue weighted by Gasteiger charge is 2.35. The van der Waals surface area contributed by atoms with Gasteiger partial charge in [-0.1, -0.05) is 30.3 Å². The number of carboxylic acids is 1. The van der Waals surface area contributed by atoms with E-state index in [-0.39, 0.29) is 12.2 Å². The minimum absolute atomic E-state index is 0.0713. The van der Waals surface area contributed by atoms with Gasteiger partial charge in [0, 0.05) is 31.9 Å². The summed E-state index contributed by atoms with van der Waals surface area (Å²) >= 11 is 0. The van der Waals surface area contributed by atoms with Gasteiger partial charge in [0.1, 0.15) is 11.9 Å². The van der Waals surface area contributed by atoms with Gasteiger partial charge in [-0.15, -0.1) is 0 Å². The van der Waals surface area contributed by atoms with Gasteiger partial charge >= 0.3 is 5.97 Å². The number of anilines is 1. The Morgan fingerprint density at radius 3 is 2.91 bits per heavy atom. The number of nitrogens with one attached hydrogen (secondary N) is 1. The third kappa shape index (κ3) is 7.03. The molecular weight excluding hydrogens is 442 g/mol. The van der Waals surface area contributed by atoms with Gasteiger partial charge in [-0.2, -0.15) is 0 Å². The first-order valence-electron chi connectivity index (χ1n) is 13.0. The molecule has 0 amide bonds. The van der Waals surface area contributed by atoms with Gasteiger partial charge in [0.05, 0.1) is 18.8 Å². The fourth-order valence-electron chi connectivity index (χ4n) is 4.97. The molecule has 0 aliphatic carbocycles. The maximum atomic E-state index is 12.3. The maximum Gasteiger partial charge on any atom is 0.325 e. The Kier molecular flexibility index (Phi) is 9.12. The van der Waals surface area contributed by atoms with E-state index in [9.17, 15) is 9.90 Å². The van der Waals surface area contributed by atoms with E-state index in [1.807, 2.05) is 43.0 Å². The second-order valence-electron chi connectivity index (χ2n) is 9.87. The molecule has 2 aliphatic heterocycles. The van der Waals surface area contributed by atoms with Crippen molar-refractivity contribution in [1.82, 2.24) is 9.88 Å². The number of pyridine rings is 1. The second kappa shape index (κ2) is 12.5. The van der Waals surface area contributed by atoms with Crippen LogP contribution in [0.3, 0.4) is 0 Å². The minimum Gasteiger partial charge on any atom is -0.480 e. The van der Waals surface area contributed by atoms with E-state index in [1.165, 1.54) is 12.0 Å². The van der Waals surface area contributed by atoms with Crippen molar-refractivity contribution in [2.75, 3.05) is 31.6 Å². The summed E-state index contributed by atoms with van der Waals surface area (Å²) in [6.45, 7) is 7.44. The van der Waals surface area contributed by atoms with Gasteiger partial charge in [-0.25, -0.2) is 4.98 Å². The molecule has 1 aromatic heterocycles. The molecule has 0 unspecified atom stereocenters. The summed E-state index contributed by atoms with van der Waals surface area (Å²) in [5.74, 6) is 0.232. The van der Waals surface area contributed by atoms with Crippen molar-refractivity contribution >= 4 is 11.8 Å². The molecule has 0 bridgehead atoms. The van der Waals surface area contributed by atoms with Gasteiger partial charge in [-0.05, 0) is 75.1 Å². The zero-order valence-electron chi connectivity index (χ0n) is 21.0. The lowest BCUT2D eigenvalue weighted by Gasteiger charge is -2.26. The highest BCUT2D eigenvalue weighted by atomic mass is 16.5. The Bertz CT molecular complexity index is 980. The molecule has 0 spiro atoms. The number of aliphatic carboxylic acids is 1. The van der Waals surface area contributed by atoms with Crippen LogP contribution in [0, 0.1) is 0 Å². The van der Waals surface area contributed by atoms with Crippen molar-refractivity contribution in [2.45, 2.75) is 77.2 Å². The molecule has 2 atom stereocenters. The summed E-state index contributed by atoms with van der Waals surface area (Å²) in [7, 11) is 0. The number of aryl methyl sites for hydroxylation is 2. The number of hydrogen-bond acceptors (Lipinski definition) is 6. The Morgan fingerprint density at radius 1 is 1.23 bits per heavy atom. The number of carbonyl (C=O) groups is 1. The Balaban J connectivity index is 1.24. The molecule has 1 saturated heterocycles. The number of unbranched alkanes of at least 4 members (excludes halogenated alkanes) is 1. The summed E-state index contributed by atoms with van der Waals surface area (Å²) in [6.07, 6.45) is 6.26. The first-order chi connectivity index (χ1) is 17.0. The minimum atomic E-state index is -0.824. The van der Waals surface area contributed by atoms with Crippen molar-refractivity contribution < 1.29 is 19.4 Å². The first kappa shape index (κ1) is 25.6. The lowest BCUT2D eigenvalue weighted by molar-refractivity contribution is -0.143. The Morgan fingerprint density at radius 2 is 2.09 bits per heavy atom. The zero-order chi connectivity index (χ0) is 24.6. The SMILES string of the molecule is CC(C)OCc1ccccc1[C@H](C(=O)O)N1CC[C@@H](OCCCCc2ccc3c(n2)NCCC3)C1. The molecule has 1 aromatic carbocycles. The van der Waals surface area contributed by atoms with Crippen LogP contribution in [0.25, 0.3) is 0 Å². The molecule has 2 N–H and O–H groups in total. The van der Waals surface area contributed by atoms with Crippen LogP contribution in [-0.4, -0.2) is 59.4 Å². The molecule has 1 fully saturated rings. The van der Waals surface area contributed by atoms with Crippen molar-refractivity contribution in [3.63, 3.8) is 0 Å². The summed E-state index contributed by atoms with van der Waals surface area (Å²) in [5, 5.41) is 13.5. The van der Waals surface area contributed by atoms with Crippen LogP contribution in [0.4, 0.5) is 5.82 Å². The van der Waals surface area contributed by atoms with Crippen molar-refractivity contribution in [3.8, 4) is 0 Å². The number of nitrogens with zero attached hydrogens (tertiary/aromatic N) is 2. The van der Waals surface area contributed by atoms with Crippen LogP contribution >= 0.6 is 0 Å². The quantitative estimate of drug-likeness (QED) is 0.429. The number of likely N-dealkylation sites (tertiary alicyclic amines) is 1. The van der Waals surface area contributed by atoms with E-state index in [0.717, 1.165) is 61.3 Å². The lowest BCUT2D eigenvalue weighted by Crippen LogP contribution is -2.34. The molecule has 4 rings (SSSR count). The van der Waals surface area contributed by atoms with Crippen molar-refractivity contribution in [3.05, 3.63) is 58.8 Å². The van der Waals surface area contributed by atoms with Crippen LogP contribution in [0.2, 0.25) is 0 Å². The zero-order valence-corrected chi connectivity index (χ0v) is 21.0. The monoisotopic (exact) mass is 481 g/mol. The van der Waals surface area contributed by atoms with Crippen LogP contribution < -0.4 is 5.32 Å². The third-order valence-corrected chi connectivity index (χ3v) is 6.83. The summed E-state index contributed by atoms with van der Waals surface area (Å²) in [6, 6.07) is 11.4. The maximum absolute atomic E-state index is 12.3. The molecule has 0 radical (unpaired) electrons. The number of hydrogen-bond donors (Lipinski definition) is 2. The predicted octanol–water partition coefficient (Wildman–Crippen LogP) is 4.60. The molecular formula is C28H39N3O4. The molecule has 190 valence electrons. The normalized spacial score (nSPS) is 18.9. The molecule has 2 aromatic rings. The van der Waals surface area contributed by atoms with Crippen LogP contribution in [0.5, 0.6) is 0 Å². The number of ether oxygens (including phenoxy) is 2. The topological polar surface area (TPSA) is 83.9 Å². The van der Waals surface area contributed by atoms with Crippen LogP contribution in [0.15, 0.2) is 36.4 Å². The molecule has 7 heteroatoms. The average Bonchev–Trinajstić information content (AvgIpc) is 3.31. The summed E-state index contributed by atoms with van der Waals surface area (Å²) in [5.41, 5.74) is 4.20. The van der Waals surface area contributed by atoms with E-state index in [4.69, 9.17) is 14.5 Å². The van der Waals surface area contributed by atoms with E-state index in [0.29, 0.717) is 26.3 Å². The number of rotatable bonds is 12. The highest BCUT2D eigenvalue weighted by Crippen LogP contribution is 2.30. The predicted molar refractivity (Wildman–Crippen MR) is 137 cm³/mol. The second-order valence-corrected chi connectivity index (χ2v) is 9.87. The molecule has 2 aliphatic rings. The third-order valence-electron chi connectivity index (χ3n) is 6.83. The highest BCUT2D eigenvalue weighted by molar-refractivity contribution is 5.76. The van der Waals surface area contributed by atoms with E-state index in [2.05, 4.69) is 17.4 Å². The van der Waals surface area contributed by atoms with E-state index in [1.54, 1.807) is 0 Å². The molecule has 35 heavy (non-hydrogen) atoms. The van der Waals surface area contributed by atoms with Crippen molar-refractivity contribution in [2.24, 2.45) is 0 Å². The molecule has 7 nitrogen and oxygen atoms in total. The number of fused-ring (bicyclic) bond motifs is 1. The first-order valence-corrected chi connectivity index (χ1v) is 13.0.